The summed E-state index contributed by atoms with van der Waals surface area (Å²) in [6.45, 7) is 0. The predicted molar refractivity (Wildman–Crippen MR) is 72.2 cm³/mol. The first kappa shape index (κ1) is 12.7. The summed E-state index contributed by atoms with van der Waals surface area (Å²) in [6.07, 6.45) is 0.602. The van der Waals surface area contributed by atoms with E-state index >= 15 is 0 Å². The fraction of sp³-hybridized carbons (Fsp3) is 0.0625. The van der Waals surface area contributed by atoms with Crippen molar-refractivity contribution in [3.05, 3.63) is 77.5 Å². The lowest BCUT2D eigenvalue weighted by Crippen LogP contribution is -2.01. The zero-order chi connectivity index (χ0) is 14.1. The molecule has 0 aliphatic rings. The molecule has 0 aliphatic carbocycles. The Morgan fingerprint density at radius 3 is 2.40 bits per heavy atom. The number of hydrogen-bond acceptors (Lipinski definition) is 2. The van der Waals surface area contributed by atoms with Gasteiger partial charge in [0.25, 0.3) is 0 Å². The number of fused-ring (bicyclic) bond motifs is 1. The van der Waals surface area contributed by atoms with E-state index in [4.69, 9.17) is 0 Å². The molecule has 1 aromatic heterocycles. The van der Waals surface area contributed by atoms with E-state index in [-0.39, 0.29) is 5.56 Å². The quantitative estimate of drug-likeness (QED) is 0.772. The number of aliphatic hydroxyl groups is 1. The van der Waals surface area contributed by atoms with E-state index in [1.807, 2.05) is 6.07 Å². The van der Waals surface area contributed by atoms with Gasteiger partial charge in [0.2, 0.25) is 0 Å². The lowest BCUT2D eigenvalue weighted by Gasteiger charge is -2.12. The summed E-state index contributed by atoms with van der Waals surface area (Å²) in [5, 5.41) is 11.1. The third-order valence-corrected chi connectivity index (χ3v) is 3.14. The van der Waals surface area contributed by atoms with Crippen LogP contribution in [0.1, 0.15) is 17.2 Å². The first-order valence-corrected chi connectivity index (χ1v) is 6.12. The van der Waals surface area contributed by atoms with Crippen molar-refractivity contribution in [2.45, 2.75) is 6.10 Å². The van der Waals surface area contributed by atoms with E-state index in [1.165, 1.54) is 0 Å². The molecule has 0 saturated carbocycles. The van der Waals surface area contributed by atoms with Gasteiger partial charge < -0.3 is 5.11 Å². The second-order valence-electron chi connectivity index (χ2n) is 4.56. The molecule has 3 rings (SSSR count). The highest BCUT2D eigenvalue weighted by Crippen LogP contribution is 2.25. The second kappa shape index (κ2) is 4.98. The Morgan fingerprint density at radius 2 is 1.65 bits per heavy atom. The highest BCUT2D eigenvalue weighted by atomic mass is 19.1. The molecule has 1 atom stereocenters. The van der Waals surface area contributed by atoms with Crippen LogP contribution in [0.3, 0.4) is 0 Å². The molecule has 4 heteroatoms. The highest BCUT2D eigenvalue weighted by Gasteiger charge is 2.13. The molecule has 0 spiro atoms. The molecule has 2 nitrogen and oxygen atoms in total. The Bertz CT molecular complexity index is 753. The van der Waals surface area contributed by atoms with Crippen LogP contribution in [-0.4, -0.2) is 10.1 Å². The van der Waals surface area contributed by atoms with Crippen LogP contribution >= 0.6 is 0 Å². The van der Waals surface area contributed by atoms with E-state index in [2.05, 4.69) is 4.98 Å². The Kier molecular flexibility index (Phi) is 3.16. The third kappa shape index (κ3) is 2.38. The minimum absolute atomic E-state index is 0.186. The van der Waals surface area contributed by atoms with Crippen molar-refractivity contribution in [2.24, 2.45) is 0 Å². The first-order chi connectivity index (χ1) is 9.63. The molecule has 0 saturated heterocycles. The molecule has 0 bridgehead atoms. The molecule has 0 fully saturated rings. The van der Waals surface area contributed by atoms with Crippen LogP contribution in [0.25, 0.3) is 10.9 Å². The van der Waals surface area contributed by atoms with Gasteiger partial charge in [-0.15, -0.1) is 0 Å². The summed E-state index contributed by atoms with van der Waals surface area (Å²) < 4.78 is 26.4. The van der Waals surface area contributed by atoms with Crippen LogP contribution in [-0.2, 0) is 0 Å². The molecule has 1 unspecified atom stereocenters. The van der Waals surface area contributed by atoms with Crippen molar-refractivity contribution in [1.29, 1.82) is 0 Å². The molecule has 0 radical (unpaired) electrons. The van der Waals surface area contributed by atoms with Gasteiger partial charge in [-0.3, -0.25) is 4.98 Å². The summed E-state index contributed by atoms with van der Waals surface area (Å²) in [5.74, 6) is -1.41. The summed E-state index contributed by atoms with van der Waals surface area (Å²) in [6, 6.07) is 11.9. The van der Waals surface area contributed by atoms with Crippen LogP contribution in [0, 0.1) is 11.6 Å². The van der Waals surface area contributed by atoms with Crippen LogP contribution in [0.2, 0.25) is 0 Å². The molecule has 0 aliphatic heterocycles. The lowest BCUT2D eigenvalue weighted by molar-refractivity contribution is 0.219. The summed E-state index contributed by atoms with van der Waals surface area (Å²) in [5.41, 5.74) is 1.55. The van der Waals surface area contributed by atoms with Gasteiger partial charge in [-0.2, -0.15) is 0 Å². The van der Waals surface area contributed by atoms with Gasteiger partial charge in [0.05, 0.1) is 5.52 Å². The van der Waals surface area contributed by atoms with Gasteiger partial charge in [0, 0.05) is 17.6 Å². The van der Waals surface area contributed by atoms with Crippen molar-refractivity contribution in [3.63, 3.8) is 0 Å². The first-order valence-electron chi connectivity index (χ1n) is 6.12. The van der Waals surface area contributed by atoms with Gasteiger partial charge in [-0.1, -0.05) is 12.1 Å². The van der Waals surface area contributed by atoms with Gasteiger partial charge in [0.1, 0.15) is 17.7 Å². The van der Waals surface area contributed by atoms with E-state index in [1.54, 1.807) is 30.5 Å². The predicted octanol–water partition coefficient (Wildman–Crippen LogP) is 3.59. The molecule has 3 aromatic rings. The van der Waals surface area contributed by atoms with Crippen molar-refractivity contribution < 1.29 is 13.9 Å². The minimum atomic E-state index is -1.08. The molecule has 2 aromatic carbocycles. The van der Waals surface area contributed by atoms with Crippen molar-refractivity contribution >= 4 is 10.9 Å². The zero-order valence-electron chi connectivity index (χ0n) is 10.4. The SMILES string of the molecule is OC(c1cc(F)cc(F)c1)c1ccc2ncccc2c1. The number of halogens is 2. The maximum atomic E-state index is 13.2. The van der Waals surface area contributed by atoms with Crippen LogP contribution < -0.4 is 0 Å². The largest absolute Gasteiger partial charge is 0.384 e. The normalized spacial score (nSPS) is 12.6. The highest BCUT2D eigenvalue weighted by molar-refractivity contribution is 5.79. The maximum Gasteiger partial charge on any atom is 0.126 e. The summed E-state index contributed by atoms with van der Waals surface area (Å²) in [4.78, 5) is 4.18. The second-order valence-corrected chi connectivity index (χ2v) is 4.56. The van der Waals surface area contributed by atoms with E-state index in [0.29, 0.717) is 5.56 Å². The standard InChI is InChI=1S/C16H11F2NO/c17-13-7-12(8-14(18)9-13)16(20)11-3-4-15-10(6-11)2-1-5-19-15/h1-9,16,20H. The average Bonchev–Trinajstić information content (AvgIpc) is 2.45. The van der Waals surface area contributed by atoms with Gasteiger partial charge in [-0.05, 0) is 41.5 Å². The number of aromatic nitrogens is 1. The van der Waals surface area contributed by atoms with Crippen molar-refractivity contribution in [3.8, 4) is 0 Å². The van der Waals surface area contributed by atoms with E-state index in [0.717, 1.165) is 29.1 Å². The number of aliphatic hydroxyl groups excluding tert-OH is 1. The van der Waals surface area contributed by atoms with Crippen LogP contribution in [0.5, 0.6) is 0 Å². The van der Waals surface area contributed by atoms with Crippen molar-refractivity contribution in [2.75, 3.05) is 0 Å². The summed E-state index contributed by atoms with van der Waals surface area (Å²) >= 11 is 0. The van der Waals surface area contributed by atoms with E-state index < -0.39 is 17.7 Å². The Balaban J connectivity index is 2.05. The van der Waals surface area contributed by atoms with Crippen molar-refractivity contribution in [1.82, 2.24) is 4.98 Å². The molecule has 20 heavy (non-hydrogen) atoms. The maximum absolute atomic E-state index is 13.2. The monoisotopic (exact) mass is 271 g/mol. The fourth-order valence-corrected chi connectivity index (χ4v) is 2.19. The number of benzene rings is 2. The van der Waals surface area contributed by atoms with Gasteiger partial charge in [0.15, 0.2) is 0 Å². The summed E-state index contributed by atoms with van der Waals surface area (Å²) in [7, 11) is 0. The van der Waals surface area contributed by atoms with Gasteiger partial charge >= 0.3 is 0 Å². The molecular weight excluding hydrogens is 260 g/mol. The zero-order valence-corrected chi connectivity index (χ0v) is 10.4. The molecule has 1 N–H and O–H groups in total. The number of nitrogens with zero attached hydrogens (tertiary/aromatic N) is 1. The number of hydrogen-bond donors (Lipinski definition) is 1. The molecular formula is C16H11F2NO. The smallest absolute Gasteiger partial charge is 0.126 e. The fourth-order valence-electron chi connectivity index (χ4n) is 2.19. The Labute approximate surface area is 114 Å². The van der Waals surface area contributed by atoms with Crippen LogP contribution in [0.4, 0.5) is 8.78 Å². The van der Waals surface area contributed by atoms with E-state index in [9.17, 15) is 13.9 Å². The minimum Gasteiger partial charge on any atom is -0.384 e. The lowest BCUT2D eigenvalue weighted by atomic mass is 10.00. The van der Waals surface area contributed by atoms with Gasteiger partial charge in [-0.25, -0.2) is 8.78 Å². The number of rotatable bonds is 2. The van der Waals surface area contributed by atoms with Crippen LogP contribution in [0.15, 0.2) is 54.7 Å². The topological polar surface area (TPSA) is 33.1 Å². The number of pyridine rings is 1. The Morgan fingerprint density at radius 1 is 0.900 bits per heavy atom. The molecule has 0 amide bonds. The third-order valence-electron chi connectivity index (χ3n) is 3.14. The average molecular weight is 271 g/mol. The molecule has 100 valence electrons. The molecule has 1 heterocycles. The Hall–Kier alpha value is -2.33.